The van der Waals surface area contributed by atoms with E-state index >= 15 is 0 Å². The number of pyridine rings is 1. The number of urea groups is 1. The van der Waals surface area contributed by atoms with Crippen LogP contribution in [0.15, 0.2) is 42.9 Å². The van der Waals surface area contributed by atoms with Crippen molar-refractivity contribution in [3.05, 3.63) is 53.4 Å². The van der Waals surface area contributed by atoms with Crippen LogP contribution in [0.4, 0.5) is 10.5 Å². The molecule has 0 bridgehead atoms. The number of halogens is 1. The summed E-state index contributed by atoms with van der Waals surface area (Å²) in [7, 11) is 0. The number of likely N-dealkylation sites (tertiary alicyclic amines) is 1. The minimum absolute atomic E-state index is 0.117. The lowest BCUT2D eigenvalue weighted by molar-refractivity contribution is -0.0138. The number of aromatic nitrogens is 3. The minimum Gasteiger partial charge on any atom is -0.388 e. The zero-order valence-corrected chi connectivity index (χ0v) is 17.9. The highest BCUT2D eigenvalue weighted by atomic mass is 35.5. The van der Waals surface area contributed by atoms with Crippen LogP contribution in [-0.4, -0.2) is 44.3 Å². The van der Waals surface area contributed by atoms with E-state index in [1.54, 1.807) is 24.7 Å². The maximum absolute atomic E-state index is 12.5. The van der Waals surface area contributed by atoms with Crippen molar-refractivity contribution in [3.63, 3.8) is 0 Å². The van der Waals surface area contributed by atoms with Crippen LogP contribution in [0.25, 0.3) is 10.9 Å². The summed E-state index contributed by atoms with van der Waals surface area (Å²) in [5, 5.41) is 22.7. The molecule has 158 valence electrons. The number of fused-ring (bicyclic) bond motifs is 1. The predicted octanol–water partition coefficient (Wildman–Crippen LogP) is 4.62. The Morgan fingerprint density at radius 2 is 2.10 bits per heavy atom. The smallest absolute Gasteiger partial charge is 0.321 e. The number of rotatable bonds is 4. The number of carbonyl (C=O) groups excluding carboxylic acids is 1. The molecule has 8 heteroatoms. The van der Waals surface area contributed by atoms with Gasteiger partial charge in [0.2, 0.25) is 0 Å². The van der Waals surface area contributed by atoms with Gasteiger partial charge in [-0.2, -0.15) is 5.10 Å². The van der Waals surface area contributed by atoms with E-state index in [0.29, 0.717) is 23.8 Å². The average molecular weight is 428 g/mol. The van der Waals surface area contributed by atoms with Gasteiger partial charge in [-0.15, -0.1) is 0 Å². The summed E-state index contributed by atoms with van der Waals surface area (Å²) in [5.74, 6) is 0.256. The molecule has 0 spiro atoms. The molecule has 1 aliphatic rings. The van der Waals surface area contributed by atoms with Gasteiger partial charge in [0.15, 0.2) is 0 Å². The monoisotopic (exact) mass is 427 g/mol. The molecule has 1 aliphatic heterocycles. The Balaban J connectivity index is 1.44. The number of nitrogens with zero attached hydrogens (tertiary/aromatic N) is 3. The number of nitrogens with one attached hydrogen (secondary N) is 2. The van der Waals surface area contributed by atoms with Crippen molar-refractivity contribution < 1.29 is 9.90 Å². The minimum atomic E-state index is -0.708. The summed E-state index contributed by atoms with van der Waals surface area (Å²) in [6.07, 6.45) is 5.94. The van der Waals surface area contributed by atoms with Crippen LogP contribution in [0.1, 0.15) is 38.4 Å². The first-order valence-electron chi connectivity index (χ1n) is 10.1. The van der Waals surface area contributed by atoms with Crippen molar-refractivity contribution in [2.75, 3.05) is 18.4 Å². The standard InChI is InChI=1S/C22H26ClN5O2/c1-22(2,20(29)18-11-16(23)10-14-12-25-27-19(14)18)15-5-8-28(9-6-15)21(30)26-17-4-3-7-24-13-17/h3-4,7,10-13,15,20,29H,5-6,8-9H2,1-2H3,(H,25,27)(H,26,30)/t20-/m0/s1. The molecule has 2 aromatic heterocycles. The van der Waals surface area contributed by atoms with Crippen molar-refractivity contribution in [2.45, 2.75) is 32.8 Å². The summed E-state index contributed by atoms with van der Waals surface area (Å²) in [5.41, 5.74) is 1.86. The number of aromatic amines is 1. The molecule has 0 saturated carbocycles. The molecule has 1 fully saturated rings. The second kappa shape index (κ2) is 8.24. The molecule has 3 heterocycles. The third-order valence-electron chi connectivity index (χ3n) is 6.29. The van der Waals surface area contributed by atoms with E-state index in [1.807, 2.05) is 23.1 Å². The van der Waals surface area contributed by atoms with Gasteiger partial charge in [-0.05, 0) is 48.4 Å². The van der Waals surface area contributed by atoms with Gasteiger partial charge >= 0.3 is 6.03 Å². The van der Waals surface area contributed by atoms with E-state index in [0.717, 1.165) is 29.3 Å². The number of piperidine rings is 1. The van der Waals surface area contributed by atoms with Crippen molar-refractivity contribution >= 4 is 34.2 Å². The second-order valence-electron chi connectivity index (χ2n) is 8.49. The van der Waals surface area contributed by atoms with Gasteiger partial charge < -0.3 is 15.3 Å². The maximum Gasteiger partial charge on any atom is 0.321 e. The van der Waals surface area contributed by atoms with Gasteiger partial charge in [-0.1, -0.05) is 25.4 Å². The average Bonchev–Trinajstić information content (AvgIpc) is 3.21. The molecule has 0 radical (unpaired) electrons. The van der Waals surface area contributed by atoms with E-state index in [-0.39, 0.29) is 11.9 Å². The lowest BCUT2D eigenvalue weighted by Gasteiger charge is -2.43. The summed E-state index contributed by atoms with van der Waals surface area (Å²) >= 11 is 6.27. The molecular formula is C22H26ClN5O2. The first kappa shape index (κ1) is 20.6. The number of H-pyrrole nitrogens is 1. The van der Waals surface area contributed by atoms with Gasteiger partial charge in [0.05, 0.1) is 29.7 Å². The number of aliphatic hydroxyl groups is 1. The zero-order chi connectivity index (χ0) is 21.3. The van der Waals surface area contributed by atoms with Crippen molar-refractivity contribution in [1.29, 1.82) is 0 Å². The summed E-state index contributed by atoms with van der Waals surface area (Å²) in [6.45, 7) is 5.44. The van der Waals surface area contributed by atoms with Gasteiger partial charge in [0.1, 0.15) is 0 Å². The Bertz CT molecular complexity index is 1030. The molecule has 3 aromatic rings. The fourth-order valence-electron chi connectivity index (χ4n) is 4.35. The van der Waals surface area contributed by atoms with Crippen molar-refractivity contribution in [2.24, 2.45) is 11.3 Å². The highest BCUT2D eigenvalue weighted by molar-refractivity contribution is 6.31. The van der Waals surface area contributed by atoms with E-state index < -0.39 is 11.5 Å². The molecule has 1 saturated heterocycles. The van der Waals surface area contributed by atoms with E-state index in [2.05, 4.69) is 34.3 Å². The van der Waals surface area contributed by atoms with Crippen molar-refractivity contribution in [3.8, 4) is 0 Å². The summed E-state index contributed by atoms with van der Waals surface area (Å²) in [6, 6.07) is 7.14. The Morgan fingerprint density at radius 3 is 2.80 bits per heavy atom. The number of hydrogen-bond donors (Lipinski definition) is 3. The molecule has 2 amide bonds. The van der Waals surface area contributed by atoms with E-state index in [9.17, 15) is 9.90 Å². The third kappa shape index (κ3) is 4.00. The molecule has 1 aromatic carbocycles. The fraction of sp³-hybridized carbons (Fsp3) is 0.409. The fourth-order valence-corrected chi connectivity index (χ4v) is 4.59. The van der Waals surface area contributed by atoms with Gasteiger partial charge in [0, 0.05) is 35.3 Å². The highest BCUT2D eigenvalue weighted by Gasteiger charge is 2.40. The Morgan fingerprint density at radius 1 is 1.33 bits per heavy atom. The van der Waals surface area contributed by atoms with Crippen LogP contribution in [0.3, 0.4) is 0 Å². The SMILES string of the molecule is CC(C)(C1CCN(C(=O)Nc2cccnc2)CC1)[C@@H](O)c1cc(Cl)cc2cn[nH]c12. The van der Waals surface area contributed by atoms with Crippen LogP contribution in [0.5, 0.6) is 0 Å². The van der Waals surface area contributed by atoms with Crippen LogP contribution in [0, 0.1) is 11.3 Å². The normalized spacial score (nSPS) is 16.6. The molecule has 7 nitrogen and oxygen atoms in total. The summed E-state index contributed by atoms with van der Waals surface area (Å²) < 4.78 is 0. The van der Waals surface area contributed by atoms with Gasteiger partial charge in [-0.25, -0.2) is 4.79 Å². The number of benzene rings is 1. The Hall–Kier alpha value is -2.64. The molecule has 1 atom stereocenters. The van der Waals surface area contributed by atoms with Gasteiger partial charge in [0.25, 0.3) is 0 Å². The third-order valence-corrected chi connectivity index (χ3v) is 6.51. The second-order valence-corrected chi connectivity index (χ2v) is 8.92. The zero-order valence-electron chi connectivity index (χ0n) is 17.1. The Kier molecular flexibility index (Phi) is 5.66. The van der Waals surface area contributed by atoms with Crippen LogP contribution < -0.4 is 5.32 Å². The molecular weight excluding hydrogens is 402 g/mol. The lowest BCUT2D eigenvalue weighted by atomic mass is 9.68. The maximum atomic E-state index is 12.5. The van der Waals surface area contributed by atoms with Crippen LogP contribution in [-0.2, 0) is 0 Å². The van der Waals surface area contributed by atoms with Crippen LogP contribution >= 0.6 is 11.6 Å². The number of aliphatic hydroxyl groups excluding tert-OH is 1. The molecule has 30 heavy (non-hydrogen) atoms. The van der Waals surface area contributed by atoms with E-state index in [1.165, 1.54) is 0 Å². The van der Waals surface area contributed by atoms with Gasteiger partial charge in [-0.3, -0.25) is 10.1 Å². The van der Waals surface area contributed by atoms with Crippen LogP contribution in [0.2, 0.25) is 5.02 Å². The largest absolute Gasteiger partial charge is 0.388 e. The first-order valence-corrected chi connectivity index (χ1v) is 10.5. The summed E-state index contributed by atoms with van der Waals surface area (Å²) in [4.78, 5) is 18.4. The quantitative estimate of drug-likeness (QED) is 0.566. The first-order chi connectivity index (χ1) is 14.4. The lowest BCUT2D eigenvalue weighted by Crippen LogP contribution is -2.45. The van der Waals surface area contributed by atoms with Crippen molar-refractivity contribution in [1.82, 2.24) is 20.1 Å². The Labute approximate surface area is 180 Å². The topological polar surface area (TPSA) is 94.1 Å². The predicted molar refractivity (Wildman–Crippen MR) is 117 cm³/mol. The number of amides is 2. The van der Waals surface area contributed by atoms with E-state index in [4.69, 9.17) is 11.6 Å². The molecule has 0 aliphatic carbocycles. The molecule has 4 rings (SSSR count). The number of carbonyl (C=O) groups is 1. The number of hydrogen-bond acceptors (Lipinski definition) is 4. The molecule has 3 N–H and O–H groups in total. The number of anilines is 1. The highest BCUT2D eigenvalue weighted by Crippen LogP contribution is 2.46. The molecule has 0 unspecified atom stereocenters.